The molecular formula is C12H17NO3S. The van der Waals surface area contributed by atoms with Crippen molar-refractivity contribution in [3.8, 4) is 5.75 Å². The van der Waals surface area contributed by atoms with E-state index in [1.54, 1.807) is 13.2 Å². The number of thiophene rings is 1. The zero-order chi connectivity index (χ0) is 12.3. The number of carbonyl (C=O) groups excluding carboxylic acids is 1. The number of ether oxygens (including phenoxy) is 1. The lowest BCUT2D eigenvalue weighted by molar-refractivity contribution is 0.0917. The zero-order valence-electron chi connectivity index (χ0n) is 9.81. The van der Waals surface area contributed by atoms with Gasteiger partial charge in [-0.05, 0) is 24.3 Å². The van der Waals surface area contributed by atoms with Crippen LogP contribution in [0.2, 0.25) is 0 Å². The van der Waals surface area contributed by atoms with Crippen molar-refractivity contribution in [1.29, 1.82) is 0 Å². The van der Waals surface area contributed by atoms with Gasteiger partial charge in [-0.15, -0.1) is 11.3 Å². The molecule has 1 fully saturated rings. The Balaban J connectivity index is 2.01. The third-order valence-electron chi connectivity index (χ3n) is 3.27. The van der Waals surface area contributed by atoms with Gasteiger partial charge in [0.1, 0.15) is 10.6 Å². The molecule has 1 aliphatic rings. The Hall–Kier alpha value is -1.07. The molecule has 0 aliphatic heterocycles. The summed E-state index contributed by atoms with van der Waals surface area (Å²) in [5, 5.41) is 14.0. The summed E-state index contributed by atoms with van der Waals surface area (Å²) in [4.78, 5) is 12.6. The van der Waals surface area contributed by atoms with Crippen LogP contribution >= 0.6 is 11.3 Å². The van der Waals surface area contributed by atoms with Crippen LogP contribution in [0.3, 0.4) is 0 Å². The highest BCUT2D eigenvalue weighted by Crippen LogP contribution is 2.28. The summed E-state index contributed by atoms with van der Waals surface area (Å²) in [6, 6.07) is 1.89. The third-order valence-corrected chi connectivity index (χ3v) is 4.16. The number of aliphatic hydroxyl groups is 1. The first kappa shape index (κ1) is 12.4. The number of hydrogen-bond donors (Lipinski definition) is 2. The average molecular weight is 255 g/mol. The van der Waals surface area contributed by atoms with Crippen molar-refractivity contribution in [1.82, 2.24) is 5.32 Å². The Morgan fingerprint density at radius 2 is 2.47 bits per heavy atom. The first-order valence-electron chi connectivity index (χ1n) is 5.79. The maximum atomic E-state index is 12.0. The minimum Gasteiger partial charge on any atom is -0.495 e. The number of amides is 1. The average Bonchev–Trinajstić information content (AvgIpc) is 2.96. The molecule has 0 spiro atoms. The molecule has 0 bridgehead atoms. The van der Waals surface area contributed by atoms with E-state index in [0.29, 0.717) is 10.6 Å². The fourth-order valence-electron chi connectivity index (χ4n) is 2.30. The number of methoxy groups -OCH3 is 1. The Morgan fingerprint density at radius 1 is 1.65 bits per heavy atom. The summed E-state index contributed by atoms with van der Waals surface area (Å²) in [6.45, 7) is 0.145. The Bertz CT molecular complexity index is 391. The number of rotatable bonds is 4. The second-order valence-corrected chi connectivity index (χ2v) is 5.19. The SMILES string of the molecule is COc1ccsc1C(=O)NC1CCCC1CO. The molecule has 1 aliphatic carbocycles. The minimum absolute atomic E-state index is 0.0952. The Labute approximate surface area is 105 Å². The highest BCUT2D eigenvalue weighted by atomic mass is 32.1. The predicted octanol–water partition coefficient (Wildman–Crippen LogP) is 1.65. The molecule has 2 rings (SSSR count). The number of hydrogen-bond acceptors (Lipinski definition) is 4. The molecule has 4 nitrogen and oxygen atoms in total. The molecule has 1 amide bonds. The molecule has 1 aromatic rings. The van der Waals surface area contributed by atoms with Gasteiger partial charge < -0.3 is 15.2 Å². The van der Waals surface area contributed by atoms with E-state index in [1.165, 1.54) is 11.3 Å². The normalized spacial score (nSPS) is 23.6. The van der Waals surface area contributed by atoms with Gasteiger partial charge in [-0.1, -0.05) is 6.42 Å². The predicted molar refractivity (Wildman–Crippen MR) is 66.6 cm³/mol. The molecule has 2 atom stereocenters. The van der Waals surface area contributed by atoms with Gasteiger partial charge in [-0.25, -0.2) is 0 Å². The van der Waals surface area contributed by atoms with Gasteiger partial charge in [0.05, 0.1) is 7.11 Å². The molecule has 5 heteroatoms. The zero-order valence-corrected chi connectivity index (χ0v) is 10.6. The van der Waals surface area contributed by atoms with E-state index in [4.69, 9.17) is 4.74 Å². The molecule has 1 saturated carbocycles. The van der Waals surface area contributed by atoms with Crippen molar-refractivity contribution in [3.05, 3.63) is 16.3 Å². The van der Waals surface area contributed by atoms with Crippen molar-refractivity contribution >= 4 is 17.2 Å². The summed E-state index contributed by atoms with van der Waals surface area (Å²) >= 11 is 1.37. The van der Waals surface area contributed by atoms with Crippen LogP contribution in [0.5, 0.6) is 5.75 Å². The van der Waals surface area contributed by atoms with Crippen LogP contribution in [-0.4, -0.2) is 30.8 Å². The number of carbonyl (C=O) groups is 1. The molecular weight excluding hydrogens is 238 g/mol. The lowest BCUT2D eigenvalue weighted by Gasteiger charge is -2.18. The van der Waals surface area contributed by atoms with Gasteiger partial charge in [0, 0.05) is 18.6 Å². The lowest BCUT2D eigenvalue weighted by Crippen LogP contribution is -2.38. The first-order chi connectivity index (χ1) is 8.26. The van der Waals surface area contributed by atoms with E-state index in [9.17, 15) is 9.90 Å². The Morgan fingerprint density at radius 3 is 3.18 bits per heavy atom. The smallest absolute Gasteiger partial charge is 0.265 e. The lowest BCUT2D eigenvalue weighted by atomic mass is 10.1. The van der Waals surface area contributed by atoms with Gasteiger partial charge in [-0.2, -0.15) is 0 Å². The quantitative estimate of drug-likeness (QED) is 0.860. The van der Waals surface area contributed by atoms with Gasteiger partial charge in [0.15, 0.2) is 0 Å². The van der Waals surface area contributed by atoms with Crippen LogP contribution in [0.1, 0.15) is 28.9 Å². The second-order valence-electron chi connectivity index (χ2n) is 4.27. The van der Waals surface area contributed by atoms with Crippen LogP contribution in [0, 0.1) is 5.92 Å². The van der Waals surface area contributed by atoms with Crippen LogP contribution in [-0.2, 0) is 0 Å². The van der Waals surface area contributed by atoms with Crippen molar-refractivity contribution in [2.75, 3.05) is 13.7 Å². The first-order valence-corrected chi connectivity index (χ1v) is 6.67. The molecule has 2 N–H and O–H groups in total. The standard InChI is InChI=1S/C12H17NO3S/c1-16-10-5-6-17-11(10)12(15)13-9-4-2-3-8(9)7-14/h5-6,8-9,14H,2-4,7H2,1H3,(H,13,15). The summed E-state index contributed by atoms with van der Waals surface area (Å²) < 4.78 is 5.12. The van der Waals surface area contributed by atoms with Crippen LogP contribution in [0.15, 0.2) is 11.4 Å². The summed E-state index contributed by atoms with van der Waals surface area (Å²) in [5.74, 6) is 0.721. The molecule has 0 radical (unpaired) electrons. The molecule has 94 valence electrons. The van der Waals surface area contributed by atoms with E-state index in [2.05, 4.69) is 5.32 Å². The maximum absolute atomic E-state index is 12.0. The van der Waals surface area contributed by atoms with E-state index < -0.39 is 0 Å². The van der Waals surface area contributed by atoms with Gasteiger partial charge in [-0.3, -0.25) is 4.79 Å². The van der Waals surface area contributed by atoms with Gasteiger partial charge in [0.25, 0.3) is 5.91 Å². The molecule has 1 heterocycles. The molecule has 17 heavy (non-hydrogen) atoms. The van der Waals surface area contributed by atoms with Crippen molar-refractivity contribution < 1.29 is 14.6 Å². The molecule has 1 aromatic heterocycles. The van der Waals surface area contributed by atoms with Crippen LogP contribution in [0.25, 0.3) is 0 Å². The van der Waals surface area contributed by atoms with Crippen LogP contribution < -0.4 is 10.1 Å². The fourth-order valence-corrected chi connectivity index (χ4v) is 3.06. The highest BCUT2D eigenvalue weighted by Gasteiger charge is 2.29. The second kappa shape index (κ2) is 5.51. The minimum atomic E-state index is -0.0952. The number of nitrogens with one attached hydrogen (secondary N) is 1. The highest BCUT2D eigenvalue weighted by molar-refractivity contribution is 7.12. The van der Waals surface area contributed by atoms with Gasteiger partial charge in [0.2, 0.25) is 0 Å². The topological polar surface area (TPSA) is 58.6 Å². The summed E-state index contributed by atoms with van der Waals surface area (Å²) in [6.07, 6.45) is 3.01. The van der Waals surface area contributed by atoms with E-state index in [0.717, 1.165) is 19.3 Å². The largest absolute Gasteiger partial charge is 0.495 e. The summed E-state index contributed by atoms with van der Waals surface area (Å²) in [5.41, 5.74) is 0. The van der Waals surface area contributed by atoms with E-state index in [1.807, 2.05) is 5.38 Å². The van der Waals surface area contributed by atoms with Crippen molar-refractivity contribution in [3.63, 3.8) is 0 Å². The van der Waals surface area contributed by atoms with E-state index >= 15 is 0 Å². The molecule has 0 aromatic carbocycles. The number of aliphatic hydroxyl groups excluding tert-OH is 1. The monoisotopic (exact) mass is 255 g/mol. The fraction of sp³-hybridized carbons (Fsp3) is 0.583. The third kappa shape index (κ3) is 2.61. The van der Waals surface area contributed by atoms with Crippen molar-refractivity contribution in [2.24, 2.45) is 5.92 Å². The molecule has 0 saturated heterocycles. The van der Waals surface area contributed by atoms with E-state index in [-0.39, 0.29) is 24.5 Å². The summed E-state index contributed by atoms with van der Waals surface area (Å²) in [7, 11) is 1.56. The van der Waals surface area contributed by atoms with Crippen molar-refractivity contribution in [2.45, 2.75) is 25.3 Å². The Kier molecular flexibility index (Phi) is 4.02. The van der Waals surface area contributed by atoms with Gasteiger partial charge >= 0.3 is 0 Å². The maximum Gasteiger partial charge on any atom is 0.265 e. The van der Waals surface area contributed by atoms with Crippen LogP contribution in [0.4, 0.5) is 0 Å². The molecule has 2 unspecified atom stereocenters.